The van der Waals surface area contributed by atoms with Gasteiger partial charge in [0.1, 0.15) is 5.75 Å². The van der Waals surface area contributed by atoms with Crippen molar-refractivity contribution in [3.8, 4) is 11.4 Å². The molecule has 0 fully saturated rings. The Hall–Kier alpha value is -2.64. The van der Waals surface area contributed by atoms with Gasteiger partial charge in [-0.2, -0.15) is 4.68 Å². The topological polar surface area (TPSA) is 81.9 Å². The van der Waals surface area contributed by atoms with Crippen LogP contribution in [0.5, 0.6) is 5.75 Å². The third-order valence-corrected chi connectivity index (χ3v) is 3.91. The van der Waals surface area contributed by atoms with Gasteiger partial charge in [-0.05, 0) is 52.9 Å². The van der Waals surface area contributed by atoms with E-state index in [0.717, 1.165) is 5.69 Å². The molecule has 1 amide bonds. The molecule has 128 valence electrons. The zero-order valence-corrected chi connectivity index (χ0v) is 14.6. The van der Waals surface area contributed by atoms with Crippen molar-refractivity contribution in [3.05, 3.63) is 63.9 Å². The van der Waals surface area contributed by atoms with Crippen LogP contribution in [0.15, 0.2) is 42.5 Å². The second-order valence-electron chi connectivity index (χ2n) is 5.01. The molecule has 3 rings (SSSR count). The first kappa shape index (κ1) is 17.2. The maximum Gasteiger partial charge on any atom is 0.255 e. The van der Waals surface area contributed by atoms with Gasteiger partial charge in [0.2, 0.25) is 0 Å². The predicted molar refractivity (Wildman–Crippen MR) is 93.3 cm³/mol. The molecule has 0 radical (unpaired) electrons. The summed E-state index contributed by atoms with van der Waals surface area (Å²) in [6.45, 7) is 0.129. The summed E-state index contributed by atoms with van der Waals surface area (Å²) in [6.07, 6.45) is 0. The summed E-state index contributed by atoms with van der Waals surface area (Å²) < 4.78 is 6.70. The van der Waals surface area contributed by atoms with Gasteiger partial charge >= 0.3 is 0 Å². The van der Waals surface area contributed by atoms with Crippen LogP contribution in [0.1, 0.15) is 16.2 Å². The third kappa shape index (κ3) is 3.89. The Morgan fingerprint density at radius 2 is 1.88 bits per heavy atom. The van der Waals surface area contributed by atoms with Crippen molar-refractivity contribution in [2.75, 3.05) is 7.11 Å². The molecule has 7 nitrogen and oxygen atoms in total. The van der Waals surface area contributed by atoms with E-state index in [9.17, 15) is 4.79 Å². The first-order chi connectivity index (χ1) is 12.1. The molecular weight excluding hydrogens is 365 g/mol. The van der Waals surface area contributed by atoms with Gasteiger partial charge in [0.05, 0.1) is 24.9 Å². The molecule has 0 atom stereocenters. The minimum Gasteiger partial charge on any atom is -0.496 e. The van der Waals surface area contributed by atoms with E-state index in [0.29, 0.717) is 27.2 Å². The Balaban J connectivity index is 1.77. The number of hydrogen-bond acceptors (Lipinski definition) is 5. The molecule has 1 aromatic heterocycles. The number of rotatable bonds is 5. The minimum absolute atomic E-state index is 0.129. The maximum absolute atomic E-state index is 12.4. The predicted octanol–water partition coefficient (Wildman–Crippen LogP) is 2.91. The Morgan fingerprint density at radius 1 is 1.16 bits per heavy atom. The molecule has 1 heterocycles. The van der Waals surface area contributed by atoms with Gasteiger partial charge in [-0.15, -0.1) is 5.10 Å². The van der Waals surface area contributed by atoms with Crippen LogP contribution >= 0.6 is 23.2 Å². The van der Waals surface area contributed by atoms with Crippen LogP contribution < -0.4 is 10.1 Å². The molecule has 0 aliphatic carbocycles. The number of carbonyl (C=O) groups excluding carboxylic acids is 1. The molecule has 0 spiro atoms. The van der Waals surface area contributed by atoms with Crippen LogP contribution in [0.3, 0.4) is 0 Å². The standard InChI is InChI=1S/C16H13Cl2N5O2/c1-25-14-7-4-11(18)8-13(14)16(24)19-9-15-20-21-22-23(15)12-5-2-10(17)3-6-12/h2-8H,9H2,1H3,(H,19,24). The van der Waals surface area contributed by atoms with E-state index >= 15 is 0 Å². The zero-order valence-electron chi connectivity index (χ0n) is 13.1. The maximum atomic E-state index is 12.4. The van der Waals surface area contributed by atoms with Crippen LogP contribution in [0.2, 0.25) is 10.0 Å². The van der Waals surface area contributed by atoms with Crippen molar-refractivity contribution in [1.82, 2.24) is 25.5 Å². The minimum atomic E-state index is -0.343. The van der Waals surface area contributed by atoms with E-state index in [-0.39, 0.29) is 12.5 Å². The smallest absolute Gasteiger partial charge is 0.255 e. The number of halogens is 2. The van der Waals surface area contributed by atoms with Gasteiger partial charge in [0, 0.05) is 10.0 Å². The fourth-order valence-corrected chi connectivity index (χ4v) is 2.51. The number of ether oxygens (including phenoxy) is 1. The lowest BCUT2D eigenvalue weighted by Gasteiger charge is -2.10. The summed E-state index contributed by atoms with van der Waals surface area (Å²) in [5.74, 6) is 0.556. The van der Waals surface area contributed by atoms with Crippen LogP contribution in [0.4, 0.5) is 0 Å². The summed E-state index contributed by atoms with van der Waals surface area (Å²) in [7, 11) is 1.49. The second-order valence-corrected chi connectivity index (χ2v) is 5.88. The SMILES string of the molecule is COc1ccc(Cl)cc1C(=O)NCc1nnnn1-c1ccc(Cl)cc1. The van der Waals surface area contributed by atoms with Crippen molar-refractivity contribution in [1.29, 1.82) is 0 Å². The van der Waals surface area contributed by atoms with Gasteiger partial charge in [-0.25, -0.2) is 0 Å². The Labute approximate surface area is 153 Å². The molecule has 0 bridgehead atoms. The summed E-state index contributed by atoms with van der Waals surface area (Å²) >= 11 is 11.8. The number of nitrogens with zero attached hydrogens (tertiary/aromatic N) is 4. The largest absolute Gasteiger partial charge is 0.496 e. The molecule has 0 saturated heterocycles. The van der Waals surface area contributed by atoms with Gasteiger partial charge in [0.25, 0.3) is 5.91 Å². The summed E-state index contributed by atoms with van der Waals surface area (Å²) in [5, 5.41) is 15.3. The average molecular weight is 378 g/mol. The molecule has 0 aliphatic rings. The fraction of sp³-hybridized carbons (Fsp3) is 0.125. The van der Waals surface area contributed by atoms with Crippen LogP contribution in [-0.4, -0.2) is 33.2 Å². The monoisotopic (exact) mass is 377 g/mol. The molecule has 0 saturated carbocycles. The van der Waals surface area contributed by atoms with Gasteiger partial charge in [-0.1, -0.05) is 23.2 Å². The number of hydrogen-bond donors (Lipinski definition) is 1. The normalized spacial score (nSPS) is 10.5. The molecule has 3 aromatic rings. The second kappa shape index (κ2) is 7.50. The van der Waals surface area contributed by atoms with Crippen molar-refractivity contribution in [3.63, 3.8) is 0 Å². The number of carbonyl (C=O) groups is 1. The van der Waals surface area contributed by atoms with E-state index in [1.807, 2.05) is 0 Å². The highest BCUT2D eigenvalue weighted by Gasteiger charge is 2.15. The molecule has 1 N–H and O–H groups in total. The number of nitrogens with one attached hydrogen (secondary N) is 1. The average Bonchev–Trinajstić information content (AvgIpc) is 3.09. The van der Waals surface area contributed by atoms with Crippen LogP contribution in [0.25, 0.3) is 5.69 Å². The zero-order chi connectivity index (χ0) is 17.8. The number of aromatic nitrogens is 4. The Bertz CT molecular complexity index is 896. The van der Waals surface area contributed by atoms with E-state index in [1.54, 1.807) is 36.4 Å². The molecule has 25 heavy (non-hydrogen) atoms. The lowest BCUT2D eigenvalue weighted by molar-refractivity contribution is 0.0946. The first-order valence-electron chi connectivity index (χ1n) is 7.23. The lowest BCUT2D eigenvalue weighted by Crippen LogP contribution is -2.25. The van der Waals surface area contributed by atoms with E-state index in [2.05, 4.69) is 20.8 Å². The number of tetrazole rings is 1. The van der Waals surface area contributed by atoms with Crippen molar-refractivity contribution >= 4 is 29.1 Å². The van der Waals surface area contributed by atoms with E-state index in [1.165, 1.54) is 17.9 Å². The molecule has 9 heteroatoms. The summed E-state index contributed by atoms with van der Waals surface area (Å²) in [6, 6.07) is 11.9. The molecule has 0 aliphatic heterocycles. The number of benzene rings is 2. The number of methoxy groups -OCH3 is 1. The van der Waals surface area contributed by atoms with E-state index < -0.39 is 0 Å². The third-order valence-electron chi connectivity index (χ3n) is 3.42. The highest BCUT2D eigenvalue weighted by Crippen LogP contribution is 2.22. The fourth-order valence-electron chi connectivity index (χ4n) is 2.21. The summed E-state index contributed by atoms with van der Waals surface area (Å²) in [5.41, 5.74) is 1.07. The van der Waals surface area contributed by atoms with Crippen molar-refractivity contribution < 1.29 is 9.53 Å². The van der Waals surface area contributed by atoms with Crippen molar-refractivity contribution in [2.45, 2.75) is 6.54 Å². The van der Waals surface area contributed by atoms with Crippen LogP contribution in [0, 0.1) is 0 Å². The van der Waals surface area contributed by atoms with Gasteiger partial charge < -0.3 is 10.1 Å². The molecular formula is C16H13Cl2N5O2. The Morgan fingerprint density at radius 3 is 2.60 bits per heavy atom. The quantitative estimate of drug-likeness (QED) is 0.738. The Kier molecular flexibility index (Phi) is 5.16. The van der Waals surface area contributed by atoms with Gasteiger partial charge in [0.15, 0.2) is 5.82 Å². The highest BCUT2D eigenvalue weighted by atomic mass is 35.5. The van der Waals surface area contributed by atoms with E-state index in [4.69, 9.17) is 27.9 Å². The van der Waals surface area contributed by atoms with Crippen LogP contribution in [-0.2, 0) is 6.54 Å². The summed E-state index contributed by atoms with van der Waals surface area (Å²) in [4.78, 5) is 12.4. The highest BCUT2D eigenvalue weighted by molar-refractivity contribution is 6.31. The number of amides is 1. The lowest BCUT2D eigenvalue weighted by atomic mass is 10.2. The van der Waals surface area contributed by atoms with Gasteiger partial charge in [-0.3, -0.25) is 4.79 Å². The molecule has 2 aromatic carbocycles. The molecule has 0 unspecified atom stereocenters. The first-order valence-corrected chi connectivity index (χ1v) is 7.99. The van der Waals surface area contributed by atoms with Crippen molar-refractivity contribution in [2.24, 2.45) is 0 Å².